The quantitative estimate of drug-likeness (QED) is 0.669. The predicted molar refractivity (Wildman–Crippen MR) is 108 cm³/mol. The van der Waals surface area contributed by atoms with Crippen LogP contribution in [0.5, 0.6) is 0 Å². The Labute approximate surface area is 158 Å². The average molecular weight is 350 g/mol. The number of benzene rings is 2. The van der Waals surface area contributed by atoms with Crippen LogP contribution < -0.4 is 0 Å². The standard InChI is InChI=1S/C24H31NO/c1-18(2)22-15-14-19(3)16-23(22)25(17-20-10-6-4-7-11-20)24(26)21-12-8-5-9-13-21/h4-13,18-19,22-23H,14-17H2,1-3H3/t19-,22+,23+/m0/s1. The molecule has 26 heavy (non-hydrogen) atoms. The van der Waals surface area contributed by atoms with E-state index in [-0.39, 0.29) is 5.91 Å². The van der Waals surface area contributed by atoms with E-state index in [1.165, 1.54) is 18.4 Å². The summed E-state index contributed by atoms with van der Waals surface area (Å²) in [6.45, 7) is 7.63. The van der Waals surface area contributed by atoms with Gasteiger partial charge in [-0.3, -0.25) is 4.79 Å². The third-order valence-corrected chi connectivity index (χ3v) is 5.86. The predicted octanol–water partition coefficient (Wildman–Crippen LogP) is 5.79. The summed E-state index contributed by atoms with van der Waals surface area (Å²) in [5.74, 6) is 2.01. The molecule has 0 N–H and O–H groups in total. The summed E-state index contributed by atoms with van der Waals surface area (Å²) < 4.78 is 0. The lowest BCUT2D eigenvalue weighted by molar-refractivity contribution is 0.0366. The van der Waals surface area contributed by atoms with Crippen molar-refractivity contribution in [1.29, 1.82) is 0 Å². The molecule has 3 rings (SSSR count). The summed E-state index contributed by atoms with van der Waals surface area (Å²) in [7, 11) is 0. The van der Waals surface area contributed by atoms with E-state index in [1.807, 2.05) is 36.4 Å². The Morgan fingerprint density at radius 3 is 2.23 bits per heavy atom. The van der Waals surface area contributed by atoms with E-state index in [2.05, 4.69) is 49.9 Å². The van der Waals surface area contributed by atoms with Crippen molar-refractivity contribution in [2.24, 2.45) is 17.8 Å². The minimum absolute atomic E-state index is 0.166. The van der Waals surface area contributed by atoms with Gasteiger partial charge in [-0.2, -0.15) is 0 Å². The fraction of sp³-hybridized carbons (Fsp3) is 0.458. The van der Waals surface area contributed by atoms with E-state index in [1.54, 1.807) is 0 Å². The van der Waals surface area contributed by atoms with Crippen LogP contribution in [0.1, 0.15) is 56.0 Å². The highest BCUT2D eigenvalue weighted by atomic mass is 16.2. The van der Waals surface area contributed by atoms with Gasteiger partial charge in [-0.05, 0) is 48.3 Å². The molecule has 3 atom stereocenters. The zero-order valence-corrected chi connectivity index (χ0v) is 16.3. The van der Waals surface area contributed by atoms with Crippen LogP contribution in [0, 0.1) is 17.8 Å². The molecule has 1 aliphatic rings. The molecule has 0 saturated heterocycles. The SMILES string of the molecule is CC(C)[C@H]1CC[C@H](C)C[C@H]1N(Cc1ccccc1)C(=O)c1ccccc1. The molecule has 2 aromatic carbocycles. The molecule has 0 spiro atoms. The first-order chi connectivity index (χ1) is 12.6. The molecule has 2 heteroatoms. The van der Waals surface area contributed by atoms with Crippen LogP contribution in [-0.4, -0.2) is 16.8 Å². The molecule has 2 aromatic rings. The molecule has 0 aromatic heterocycles. The van der Waals surface area contributed by atoms with Crippen LogP contribution in [-0.2, 0) is 6.54 Å². The van der Waals surface area contributed by atoms with Gasteiger partial charge >= 0.3 is 0 Å². The number of amides is 1. The highest BCUT2D eigenvalue weighted by molar-refractivity contribution is 5.94. The van der Waals surface area contributed by atoms with E-state index < -0.39 is 0 Å². The van der Waals surface area contributed by atoms with Crippen LogP contribution in [0.25, 0.3) is 0 Å². The lowest BCUT2D eigenvalue weighted by Gasteiger charge is -2.44. The molecule has 0 unspecified atom stereocenters. The Morgan fingerprint density at radius 1 is 1.00 bits per heavy atom. The maximum Gasteiger partial charge on any atom is 0.254 e. The normalized spacial score (nSPS) is 23.0. The second-order valence-electron chi connectivity index (χ2n) is 8.18. The molecule has 1 aliphatic carbocycles. The van der Waals surface area contributed by atoms with Crippen molar-refractivity contribution in [2.75, 3.05) is 0 Å². The Balaban J connectivity index is 1.94. The van der Waals surface area contributed by atoms with Crippen LogP contribution in [0.2, 0.25) is 0 Å². The number of hydrogen-bond acceptors (Lipinski definition) is 1. The molecule has 1 amide bonds. The summed E-state index contributed by atoms with van der Waals surface area (Å²) in [4.78, 5) is 15.6. The maximum atomic E-state index is 13.4. The molecule has 0 radical (unpaired) electrons. The van der Waals surface area contributed by atoms with Gasteiger partial charge in [-0.25, -0.2) is 0 Å². The molecule has 0 aliphatic heterocycles. The first-order valence-corrected chi connectivity index (χ1v) is 9.96. The third kappa shape index (κ3) is 4.35. The molecular formula is C24H31NO. The molecular weight excluding hydrogens is 318 g/mol. The first kappa shape index (κ1) is 18.7. The minimum Gasteiger partial charge on any atom is -0.331 e. The van der Waals surface area contributed by atoms with Crippen molar-refractivity contribution >= 4 is 5.91 Å². The van der Waals surface area contributed by atoms with Crippen molar-refractivity contribution in [3.63, 3.8) is 0 Å². The average Bonchev–Trinajstić information content (AvgIpc) is 2.67. The molecule has 138 valence electrons. The topological polar surface area (TPSA) is 20.3 Å². The van der Waals surface area contributed by atoms with E-state index in [4.69, 9.17) is 0 Å². The summed E-state index contributed by atoms with van der Waals surface area (Å²) >= 11 is 0. The van der Waals surface area contributed by atoms with Crippen LogP contribution >= 0.6 is 0 Å². The van der Waals surface area contributed by atoms with Crippen LogP contribution in [0.4, 0.5) is 0 Å². The van der Waals surface area contributed by atoms with Gasteiger partial charge in [0.2, 0.25) is 0 Å². The fourth-order valence-electron chi connectivity index (χ4n) is 4.38. The second-order valence-corrected chi connectivity index (χ2v) is 8.18. The van der Waals surface area contributed by atoms with Crippen LogP contribution in [0.3, 0.4) is 0 Å². The van der Waals surface area contributed by atoms with Gasteiger partial charge in [0.15, 0.2) is 0 Å². The highest BCUT2D eigenvalue weighted by Crippen LogP contribution is 2.37. The number of carbonyl (C=O) groups excluding carboxylic acids is 1. The lowest BCUT2D eigenvalue weighted by atomic mass is 9.73. The first-order valence-electron chi connectivity index (χ1n) is 9.96. The van der Waals surface area contributed by atoms with E-state index in [0.717, 1.165) is 12.0 Å². The van der Waals surface area contributed by atoms with E-state index >= 15 is 0 Å². The van der Waals surface area contributed by atoms with Crippen molar-refractivity contribution < 1.29 is 4.79 Å². The largest absolute Gasteiger partial charge is 0.331 e. The number of hydrogen-bond donors (Lipinski definition) is 0. The van der Waals surface area contributed by atoms with Crippen molar-refractivity contribution in [3.8, 4) is 0 Å². The van der Waals surface area contributed by atoms with Gasteiger partial charge in [-0.15, -0.1) is 0 Å². The van der Waals surface area contributed by atoms with E-state index in [0.29, 0.717) is 30.3 Å². The van der Waals surface area contributed by atoms with E-state index in [9.17, 15) is 4.79 Å². The summed E-state index contributed by atoms with van der Waals surface area (Å²) in [6, 6.07) is 20.5. The van der Waals surface area contributed by atoms with Gasteiger partial charge in [0.25, 0.3) is 5.91 Å². The zero-order valence-electron chi connectivity index (χ0n) is 16.3. The number of carbonyl (C=O) groups is 1. The minimum atomic E-state index is 0.166. The third-order valence-electron chi connectivity index (χ3n) is 5.86. The smallest absolute Gasteiger partial charge is 0.254 e. The number of nitrogens with zero attached hydrogens (tertiary/aromatic N) is 1. The van der Waals surface area contributed by atoms with Gasteiger partial charge in [-0.1, -0.05) is 75.7 Å². The van der Waals surface area contributed by atoms with Crippen molar-refractivity contribution in [3.05, 3.63) is 71.8 Å². The Hall–Kier alpha value is -2.09. The molecule has 1 fully saturated rings. The maximum absolute atomic E-state index is 13.4. The van der Waals surface area contributed by atoms with Crippen molar-refractivity contribution in [1.82, 2.24) is 4.90 Å². The molecule has 0 bridgehead atoms. The molecule has 1 saturated carbocycles. The second kappa shape index (κ2) is 8.53. The van der Waals surface area contributed by atoms with Crippen molar-refractivity contribution in [2.45, 2.75) is 52.6 Å². The van der Waals surface area contributed by atoms with Gasteiger partial charge < -0.3 is 4.90 Å². The summed E-state index contributed by atoms with van der Waals surface area (Å²) in [6.07, 6.45) is 3.60. The summed E-state index contributed by atoms with van der Waals surface area (Å²) in [5.41, 5.74) is 2.00. The highest BCUT2D eigenvalue weighted by Gasteiger charge is 2.37. The van der Waals surface area contributed by atoms with Crippen LogP contribution in [0.15, 0.2) is 60.7 Å². The van der Waals surface area contributed by atoms with Gasteiger partial charge in [0.05, 0.1) is 0 Å². The Bertz CT molecular complexity index is 695. The summed E-state index contributed by atoms with van der Waals surface area (Å²) in [5, 5.41) is 0. The zero-order chi connectivity index (χ0) is 18.5. The monoisotopic (exact) mass is 349 g/mol. The molecule has 2 nitrogen and oxygen atoms in total. The van der Waals surface area contributed by atoms with Gasteiger partial charge in [0.1, 0.15) is 0 Å². The molecule has 0 heterocycles. The number of rotatable bonds is 5. The fourth-order valence-corrected chi connectivity index (χ4v) is 4.38. The Morgan fingerprint density at radius 2 is 1.62 bits per heavy atom. The lowest BCUT2D eigenvalue weighted by Crippen LogP contribution is -2.48. The van der Waals surface area contributed by atoms with Gasteiger partial charge in [0, 0.05) is 18.2 Å². The Kier molecular flexibility index (Phi) is 6.13.